The number of benzene rings is 1. The van der Waals surface area contributed by atoms with Crippen LogP contribution < -0.4 is 15.1 Å². The van der Waals surface area contributed by atoms with E-state index in [2.05, 4.69) is 5.32 Å². The van der Waals surface area contributed by atoms with Crippen LogP contribution in [0.2, 0.25) is 0 Å². The summed E-state index contributed by atoms with van der Waals surface area (Å²) in [6.45, 7) is -0.196. The Labute approximate surface area is 148 Å². The Morgan fingerprint density at radius 2 is 1.81 bits per heavy atom. The van der Waals surface area contributed by atoms with Crippen molar-refractivity contribution in [2.24, 2.45) is 0 Å². The van der Waals surface area contributed by atoms with E-state index >= 15 is 0 Å². The van der Waals surface area contributed by atoms with Crippen molar-refractivity contribution in [3.63, 3.8) is 0 Å². The quantitative estimate of drug-likeness (QED) is 0.797. The molecule has 1 N–H and O–H groups in total. The molecular weight excluding hydrogens is 372 g/mol. The van der Waals surface area contributed by atoms with Crippen molar-refractivity contribution in [1.82, 2.24) is 5.32 Å². The molecular formula is C15H17F2N3O5S. The van der Waals surface area contributed by atoms with Crippen molar-refractivity contribution in [1.29, 1.82) is 0 Å². The third-order valence-electron chi connectivity index (χ3n) is 4.32. The molecule has 142 valence electrons. The Morgan fingerprint density at radius 1 is 1.23 bits per heavy atom. The Morgan fingerprint density at radius 3 is 2.35 bits per heavy atom. The number of hydrogen-bond acceptors (Lipinski definition) is 6. The monoisotopic (exact) mass is 389 g/mol. The second-order valence-electron chi connectivity index (χ2n) is 5.99. The van der Waals surface area contributed by atoms with E-state index in [1.165, 1.54) is 11.9 Å². The number of carbonyl (C=O) groups excluding carboxylic acids is 2. The normalized spacial score (nSPS) is 22.3. The first kappa shape index (κ1) is 18.4. The summed E-state index contributed by atoms with van der Waals surface area (Å²) >= 11 is 0. The molecule has 1 aromatic carbocycles. The fourth-order valence-electron chi connectivity index (χ4n) is 2.92. The van der Waals surface area contributed by atoms with Gasteiger partial charge in [0.25, 0.3) is 5.91 Å². The molecule has 11 heteroatoms. The molecule has 3 rings (SSSR count). The van der Waals surface area contributed by atoms with Crippen LogP contribution >= 0.6 is 0 Å². The van der Waals surface area contributed by atoms with Crippen LogP contribution in [0.4, 0.5) is 25.0 Å². The summed E-state index contributed by atoms with van der Waals surface area (Å²) in [6.07, 6.45) is -1.94. The minimum absolute atomic E-state index is 0.0139. The lowest BCUT2D eigenvalue weighted by atomic mass is 10.2. The highest BCUT2D eigenvalue weighted by Gasteiger charge is 2.37. The van der Waals surface area contributed by atoms with Crippen molar-refractivity contribution in [3.8, 4) is 0 Å². The average molecular weight is 389 g/mol. The van der Waals surface area contributed by atoms with Gasteiger partial charge in [0.15, 0.2) is 27.6 Å². The smallest absolute Gasteiger partial charge is 0.415 e. The summed E-state index contributed by atoms with van der Waals surface area (Å²) in [4.78, 5) is 25.7. The highest BCUT2D eigenvalue weighted by atomic mass is 32.2. The molecule has 2 aliphatic heterocycles. The molecule has 0 aliphatic carbocycles. The topological polar surface area (TPSA) is 96.0 Å². The molecule has 0 spiro atoms. The molecule has 2 amide bonds. The maximum absolute atomic E-state index is 14.5. The zero-order valence-corrected chi connectivity index (χ0v) is 14.7. The van der Waals surface area contributed by atoms with Crippen LogP contribution in [-0.4, -0.2) is 64.7 Å². The molecule has 1 atom stereocenters. The summed E-state index contributed by atoms with van der Waals surface area (Å²) in [7, 11) is -1.81. The zero-order valence-electron chi connectivity index (χ0n) is 13.9. The largest absolute Gasteiger partial charge is 0.434 e. The molecule has 0 radical (unpaired) electrons. The van der Waals surface area contributed by atoms with Gasteiger partial charge in [0, 0.05) is 32.3 Å². The summed E-state index contributed by atoms with van der Waals surface area (Å²) in [5.41, 5.74) is -0.413. The van der Waals surface area contributed by atoms with Crippen LogP contribution in [0.5, 0.6) is 0 Å². The Hall–Kier alpha value is -2.43. The predicted molar refractivity (Wildman–Crippen MR) is 88.9 cm³/mol. The van der Waals surface area contributed by atoms with Crippen molar-refractivity contribution in [3.05, 3.63) is 23.8 Å². The van der Waals surface area contributed by atoms with Crippen molar-refractivity contribution in [2.45, 2.75) is 6.10 Å². The van der Waals surface area contributed by atoms with Crippen LogP contribution in [0.15, 0.2) is 12.1 Å². The molecule has 2 heterocycles. The van der Waals surface area contributed by atoms with Gasteiger partial charge in [-0.3, -0.25) is 9.69 Å². The van der Waals surface area contributed by atoms with Gasteiger partial charge in [0.1, 0.15) is 5.69 Å². The summed E-state index contributed by atoms with van der Waals surface area (Å²) in [5, 5.41) is 2.33. The minimum atomic E-state index is -3.19. The van der Waals surface area contributed by atoms with Crippen LogP contribution in [-0.2, 0) is 19.4 Å². The van der Waals surface area contributed by atoms with E-state index in [1.807, 2.05) is 0 Å². The SMILES string of the molecule is CNC(=O)[C@H]1CN(c2cc(F)c(N3CCS(=O)(=O)CC3)c(F)c2)C(=O)O1. The van der Waals surface area contributed by atoms with Crippen LogP contribution in [0.25, 0.3) is 0 Å². The number of nitrogens with one attached hydrogen (secondary N) is 1. The lowest BCUT2D eigenvalue weighted by Crippen LogP contribution is -2.41. The Kier molecular flexibility index (Phi) is 4.74. The number of sulfone groups is 1. The fraction of sp³-hybridized carbons (Fsp3) is 0.467. The van der Waals surface area contributed by atoms with Crippen molar-refractivity contribution >= 4 is 33.2 Å². The fourth-order valence-corrected chi connectivity index (χ4v) is 4.12. The molecule has 2 aliphatic rings. The average Bonchev–Trinajstić information content (AvgIpc) is 2.96. The predicted octanol–water partition coefficient (Wildman–Crippen LogP) is 0.271. The summed E-state index contributed by atoms with van der Waals surface area (Å²) < 4.78 is 56.8. The molecule has 8 nitrogen and oxygen atoms in total. The Balaban J connectivity index is 1.84. The first-order chi connectivity index (χ1) is 12.2. The lowest BCUT2D eigenvalue weighted by Gasteiger charge is -2.29. The van der Waals surface area contributed by atoms with E-state index in [0.29, 0.717) is 0 Å². The van der Waals surface area contributed by atoms with Gasteiger partial charge in [-0.1, -0.05) is 0 Å². The summed E-state index contributed by atoms with van der Waals surface area (Å²) in [5.74, 6) is -2.72. The zero-order chi connectivity index (χ0) is 19.1. The van der Waals surface area contributed by atoms with E-state index < -0.39 is 39.6 Å². The number of halogens is 2. The molecule has 0 saturated carbocycles. The number of nitrogens with zero attached hydrogens (tertiary/aromatic N) is 2. The van der Waals surface area contributed by atoms with E-state index in [1.54, 1.807) is 0 Å². The second-order valence-corrected chi connectivity index (χ2v) is 8.30. The van der Waals surface area contributed by atoms with Gasteiger partial charge in [0.05, 0.1) is 23.7 Å². The third kappa shape index (κ3) is 3.43. The molecule has 1 aromatic rings. The number of likely N-dealkylation sites (N-methyl/N-ethyl adjacent to an activating group) is 1. The number of ether oxygens (including phenoxy) is 1. The van der Waals surface area contributed by atoms with E-state index in [9.17, 15) is 26.8 Å². The van der Waals surface area contributed by atoms with Crippen molar-refractivity contribution in [2.75, 3.05) is 48.0 Å². The van der Waals surface area contributed by atoms with Gasteiger partial charge >= 0.3 is 6.09 Å². The van der Waals surface area contributed by atoms with Gasteiger partial charge in [-0.05, 0) is 0 Å². The van der Waals surface area contributed by atoms with E-state index in [-0.39, 0.29) is 42.5 Å². The summed E-state index contributed by atoms with van der Waals surface area (Å²) in [6, 6.07) is 1.93. The van der Waals surface area contributed by atoms with E-state index in [4.69, 9.17) is 4.74 Å². The van der Waals surface area contributed by atoms with Crippen LogP contribution in [0.1, 0.15) is 0 Å². The molecule has 2 fully saturated rings. The third-order valence-corrected chi connectivity index (χ3v) is 5.93. The van der Waals surface area contributed by atoms with Crippen LogP contribution in [0.3, 0.4) is 0 Å². The van der Waals surface area contributed by atoms with Crippen molar-refractivity contribution < 1.29 is 31.5 Å². The number of hydrogen-bond donors (Lipinski definition) is 1. The highest BCUT2D eigenvalue weighted by Crippen LogP contribution is 2.31. The molecule has 0 unspecified atom stereocenters. The van der Waals surface area contributed by atoms with Crippen LogP contribution in [0, 0.1) is 11.6 Å². The standard InChI is InChI=1S/C15H17F2N3O5S/c1-18-14(21)12-8-20(15(22)25-12)9-6-10(16)13(11(17)7-9)19-2-4-26(23,24)5-3-19/h6-7,12H,2-5,8H2,1H3,(H,18,21)/t12-/m1/s1. The van der Waals surface area contributed by atoms with Gasteiger partial charge in [-0.15, -0.1) is 0 Å². The first-order valence-electron chi connectivity index (χ1n) is 7.86. The number of anilines is 2. The number of amides is 2. The second kappa shape index (κ2) is 6.71. The van der Waals surface area contributed by atoms with Gasteiger partial charge in [-0.25, -0.2) is 22.0 Å². The van der Waals surface area contributed by atoms with Gasteiger partial charge in [0.2, 0.25) is 0 Å². The van der Waals surface area contributed by atoms with E-state index in [0.717, 1.165) is 17.0 Å². The minimum Gasteiger partial charge on any atom is -0.434 e. The maximum atomic E-state index is 14.5. The highest BCUT2D eigenvalue weighted by molar-refractivity contribution is 7.91. The lowest BCUT2D eigenvalue weighted by molar-refractivity contribution is -0.127. The van der Waals surface area contributed by atoms with Gasteiger partial charge in [-0.2, -0.15) is 0 Å². The molecule has 0 aromatic heterocycles. The number of carbonyl (C=O) groups is 2. The first-order valence-corrected chi connectivity index (χ1v) is 9.68. The number of cyclic esters (lactones) is 1. The number of rotatable bonds is 3. The molecule has 0 bridgehead atoms. The maximum Gasteiger partial charge on any atom is 0.415 e. The molecule has 26 heavy (non-hydrogen) atoms. The molecule has 2 saturated heterocycles. The van der Waals surface area contributed by atoms with Gasteiger partial charge < -0.3 is 15.0 Å². The Bertz CT molecular complexity index is 824.